The average molecular weight is 299 g/mol. The number of carboxylic acids is 1. The molecule has 0 aromatic heterocycles. The summed E-state index contributed by atoms with van der Waals surface area (Å²) in [6.07, 6.45) is 5.03. The molecule has 6 nitrogen and oxygen atoms in total. The number of carbonyl (C=O) groups excluding carboxylic acids is 1. The highest BCUT2D eigenvalue weighted by Gasteiger charge is 2.32. The Balaban J connectivity index is 2.31. The summed E-state index contributed by atoms with van der Waals surface area (Å²) >= 11 is 0. The molecule has 1 fully saturated rings. The highest BCUT2D eigenvalue weighted by molar-refractivity contribution is 5.83. The second-order valence-electron chi connectivity index (χ2n) is 6.96. The molecule has 0 aliphatic heterocycles. The van der Waals surface area contributed by atoms with Gasteiger partial charge < -0.3 is 20.6 Å². The van der Waals surface area contributed by atoms with Crippen LogP contribution >= 0.6 is 0 Å². The lowest BCUT2D eigenvalue weighted by atomic mass is 9.87. The van der Waals surface area contributed by atoms with E-state index in [9.17, 15) is 9.59 Å². The number of carbonyl (C=O) groups is 2. The van der Waals surface area contributed by atoms with Gasteiger partial charge in [-0.3, -0.25) is 0 Å². The van der Waals surface area contributed by atoms with Crippen molar-refractivity contribution in [3.63, 3.8) is 0 Å². The molecule has 1 aliphatic rings. The Morgan fingerprint density at radius 2 is 1.86 bits per heavy atom. The second kappa shape index (κ2) is 7.64. The third kappa shape index (κ3) is 5.91. The number of carboxylic acid groups (broad SMARTS) is 1. The van der Waals surface area contributed by atoms with Gasteiger partial charge in [0.15, 0.2) is 0 Å². The first-order chi connectivity index (χ1) is 9.71. The van der Waals surface area contributed by atoms with E-state index < -0.39 is 23.5 Å². The lowest BCUT2D eigenvalue weighted by Gasteiger charge is -2.28. The first-order valence-electron chi connectivity index (χ1n) is 7.69. The molecule has 0 spiro atoms. The van der Waals surface area contributed by atoms with Gasteiger partial charge in [0.25, 0.3) is 0 Å². The van der Waals surface area contributed by atoms with Crippen LogP contribution in [0.4, 0.5) is 4.79 Å². The molecule has 1 unspecified atom stereocenters. The number of urea groups is 1. The maximum Gasteiger partial charge on any atom is 0.326 e. The molecule has 0 aromatic rings. The van der Waals surface area contributed by atoms with Gasteiger partial charge in [-0.25, -0.2) is 9.59 Å². The molecule has 2 amide bonds. The third-order valence-electron chi connectivity index (χ3n) is 4.09. The van der Waals surface area contributed by atoms with E-state index in [0.29, 0.717) is 12.6 Å². The maximum atomic E-state index is 11.8. The monoisotopic (exact) mass is 299 g/mol. The first kappa shape index (κ1) is 17.8. The summed E-state index contributed by atoms with van der Waals surface area (Å²) in [4.78, 5) is 25.3. The van der Waals surface area contributed by atoms with Crippen LogP contribution in [-0.2, 0) is 4.79 Å². The zero-order valence-electron chi connectivity index (χ0n) is 13.6. The van der Waals surface area contributed by atoms with Gasteiger partial charge in [-0.1, -0.05) is 33.6 Å². The molecular formula is C15H29N3O3. The summed E-state index contributed by atoms with van der Waals surface area (Å²) in [6, 6.07) is -0.696. The fourth-order valence-electron chi connectivity index (χ4n) is 2.70. The van der Waals surface area contributed by atoms with Crippen LogP contribution in [0.15, 0.2) is 0 Å². The number of rotatable bonds is 6. The van der Waals surface area contributed by atoms with Crippen molar-refractivity contribution in [2.45, 2.75) is 58.5 Å². The van der Waals surface area contributed by atoms with E-state index in [-0.39, 0.29) is 0 Å². The Hall–Kier alpha value is -1.30. The molecule has 0 saturated heterocycles. The minimum absolute atomic E-state index is 0.419. The quantitative estimate of drug-likeness (QED) is 0.696. The van der Waals surface area contributed by atoms with Crippen LogP contribution in [-0.4, -0.2) is 54.2 Å². The number of likely N-dealkylation sites (N-methyl/N-ethyl adjacent to an activating group) is 1. The standard InChI is InChI=1S/C15H29N3O3/c1-15(2,3)12(13(19)20)17-14(21)16-9-10-18(4)11-7-5-6-8-11/h11-12H,5-10H2,1-4H3,(H,19,20)(H2,16,17,21). The molecule has 1 rings (SSSR count). The highest BCUT2D eigenvalue weighted by Crippen LogP contribution is 2.22. The molecule has 122 valence electrons. The minimum atomic E-state index is -1.01. The van der Waals surface area contributed by atoms with Gasteiger partial charge in [-0.2, -0.15) is 0 Å². The average Bonchev–Trinajstić information content (AvgIpc) is 2.87. The van der Waals surface area contributed by atoms with Crippen LogP contribution in [0.25, 0.3) is 0 Å². The zero-order chi connectivity index (χ0) is 16.0. The van der Waals surface area contributed by atoms with Crippen molar-refractivity contribution in [2.24, 2.45) is 5.41 Å². The maximum absolute atomic E-state index is 11.8. The number of nitrogens with zero attached hydrogens (tertiary/aromatic N) is 1. The van der Waals surface area contributed by atoms with E-state index >= 15 is 0 Å². The summed E-state index contributed by atoms with van der Waals surface area (Å²) in [5, 5.41) is 14.4. The lowest BCUT2D eigenvalue weighted by Crippen LogP contribution is -2.53. The van der Waals surface area contributed by atoms with Crippen molar-refractivity contribution in [2.75, 3.05) is 20.1 Å². The summed E-state index contributed by atoms with van der Waals surface area (Å²) < 4.78 is 0. The number of amides is 2. The van der Waals surface area contributed by atoms with Crippen LogP contribution in [0, 0.1) is 5.41 Å². The van der Waals surface area contributed by atoms with Crippen LogP contribution in [0.1, 0.15) is 46.5 Å². The van der Waals surface area contributed by atoms with Crippen molar-refractivity contribution in [3.8, 4) is 0 Å². The van der Waals surface area contributed by atoms with E-state index in [1.807, 2.05) is 0 Å². The van der Waals surface area contributed by atoms with Crippen LogP contribution in [0.2, 0.25) is 0 Å². The molecule has 0 bridgehead atoms. The van der Waals surface area contributed by atoms with E-state index in [2.05, 4.69) is 22.6 Å². The van der Waals surface area contributed by atoms with Crippen molar-refractivity contribution >= 4 is 12.0 Å². The SMILES string of the molecule is CN(CCNC(=O)NC(C(=O)O)C(C)(C)C)C1CCCC1. The second-order valence-corrected chi connectivity index (χ2v) is 6.96. The Kier molecular flexibility index (Phi) is 6.45. The van der Waals surface area contributed by atoms with Crippen LogP contribution in [0.3, 0.4) is 0 Å². The summed E-state index contributed by atoms with van der Waals surface area (Å²) in [7, 11) is 2.07. The molecule has 21 heavy (non-hydrogen) atoms. The fraction of sp³-hybridized carbons (Fsp3) is 0.867. The van der Waals surface area contributed by atoms with E-state index in [1.54, 1.807) is 20.8 Å². The van der Waals surface area contributed by atoms with Gasteiger partial charge in [0.1, 0.15) is 6.04 Å². The van der Waals surface area contributed by atoms with Gasteiger partial charge in [0.2, 0.25) is 0 Å². The number of aliphatic carboxylic acids is 1. The van der Waals surface area contributed by atoms with Gasteiger partial charge in [0, 0.05) is 19.1 Å². The van der Waals surface area contributed by atoms with E-state index in [4.69, 9.17) is 5.11 Å². The molecule has 0 heterocycles. The first-order valence-corrected chi connectivity index (χ1v) is 7.69. The number of hydrogen-bond donors (Lipinski definition) is 3. The van der Waals surface area contributed by atoms with Crippen LogP contribution < -0.4 is 10.6 Å². The van der Waals surface area contributed by atoms with Crippen molar-refractivity contribution in [1.29, 1.82) is 0 Å². The Morgan fingerprint density at radius 1 is 1.29 bits per heavy atom. The van der Waals surface area contributed by atoms with Crippen molar-refractivity contribution < 1.29 is 14.7 Å². The largest absolute Gasteiger partial charge is 0.480 e. The van der Waals surface area contributed by atoms with Gasteiger partial charge in [-0.05, 0) is 25.3 Å². The smallest absolute Gasteiger partial charge is 0.326 e. The molecule has 0 aromatic carbocycles. The molecular weight excluding hydrogens is 270 g/mol. The Morgan fingerprint density at radius 3 is 2.33 bits per heavy atom. The van der Waals surface area contributed by atoms with E-state index in [0.717, 1.165) is 6.54 Å². The number of hydrogen-bond acceptors (Lipinski definition) is 3. The molecule has 1 atom stereocenters. The van der Waals surface area contributed by atoms with Crippen LogP contribution in [0.5, 0.6) is 0 Å². The molecule has 1 aliphatic carbocycles. The highest BCUT2D eigenvalue weighted by atomic mass is 16.4. The van der Waals surface area contributed by atoms with Gasteiger partial charge in [-0.15, -0.1) is 0 Å². The predicted molar refractivity (Wildman–Crippen MR) is 82.3 cm³/mol. The zero-order valence-corrected chi connectivity index (χ0v) is 13.6. The van der Waals surface area contributed by atoms with Gasteiger partial charge in [0.05, 0.1) is 0 Å². The van der Waals surface area contributed by atoms with Crippen molar-refractivity contribution in [3.05, 3.63) is 0 Å². The lowest BCUT2D eigenvalue weighted by molar-refractivity contribution is -0.141. The molecule has 0 radical (unpaired) electrons. The van der Waals surface area contributed by atoms with Gasteiger partial charge >= 0.3 is 12.0 Å². The summed E-state index contributed by atoms with van der Waals surface area (Å²) in [5.41, 5.74) is -0.524. The molecule has 6 heteroatoms. The molecule has 1 saturated carbocycles. The third-order valence-corrected chi connectivity index (χ3v) is 4.09. The Bertz CT molecular complexity index is 360. The molecule has 3 N–H and O–H groups in total. The minimum Gasteiger partial charge on any atom is -0.480 e. The summed E-state index contributed by atoms with van der Waals surface area (Å²) in [5.74, 6) is -1.01. The summed E-state index contributed by atoms with van der Waals surface area (Å²) in [6.45, 7) is 6.68. The normalized spacial score (nSPS) is 17.8. The fourth-order valence-corrected chi connectivity index (χ4v) is 2.70. The predicted octanol–water partition coefficient (Wildman–Crippen LogP) is 1.66. The number of nitrogens with one attached hydrogen (secondary N) is 2. The van der Waals surface area contributed by atoms with Crippen molar-refractivity contribution in [1.82, 2.24) is 15.5 Å². The topological polar surface area (TPSA) is 81.7 Å². The Labute approximate surface area is 127 Å². The van der Waals surface area contributed by atoms with E-state index in [1.165, 1.54) is 25.7 Å².